The van der Waals surface area contributed by atoms with Gasteiger partial charge in [0.25, 0.3) is 5.95 Å². The number of hydrogen-bond donors (Lipinski definition) is 0. The molecule has 0 spiro atoms. The number of ether oxygens (including phenoxy) is 1. The average molecular weight is 264 g/mol. The quantitative estimate of drug-likeness (QED) is 0.503. The summed E-state index contributed by atoms with van der Waals surface area (Å²) in [6.45, 7) is 2.39. The molecule has 2 fully saturated rings. The summed E-state index contributed by atoms with van der Waals surface area (Å²) in [5, 5.41) is 0. The third-order valence-corrected chi connectivity index (χ3v) is 4.92. The van der Waals surface area contributed by atoms with E-state index < -0.39 is 0 Å². The third-order valence-electron chi connectivity index (χ3n) is 4.92. The summed E-state index contributed by atoms with van der Waals surface area (Å²) < 4.78 is 11.6. The van der Waals surface area contributed by atoms with E-state index in [0.717, 1.165) is 17.6 Å². The minimum absolute atomic E-state index is 0.395. The van der Waals surface area contributed by atoms with Crippen molar-refractivity contribution in [3.05, 3.63) is 12.0 Å². The summed E-state index contributed by atoms with van der Waals surface area (Å²) >= 11 is 0. The van der Waals surface area contributed by atoms with Crippen LogP contribution in [0.2, 0.25) is 11.6 Å². The fourth-order valence-electron chi connectivity index (χ4n) is 3.87. The molecule has 19 heavy (non-hydrogen) atoms. The van der Waals surface area contributed by atoms with Crippen molar-refractivity contribution >= 4 is 6.92 Å². The van der Waals surface area contributed by atoms with Gasteiger partial charge in [0.1, 0.15) is 0 Å². The van der Waals surface area contributed by atoms with Gasteiger partial charge in [-0.1, -0.05) is 64.2 Å². The van der Waals surface area contributed by atoms with Gasteiger partial charge in [0.2, 0.25) is 0 Å². The fraction of sp³-hybridized carbons (Fsp3) is 0.875. The number of allylic oxidation sites excluding steroid dienone is 1. The van der Waals surface area contributed by atoms with Gasteiger partial charge in [-0.2, -0.15) is 0 Å². The molecule has 0 aliphatic heterocycles. The van der Waals surface area contributed by atoms with Gasteiger partial charge in [-0.15, -0.1) is 0 Å². The minimum atomic E-state index is 0.395. The van der Waals surface area contributed by atoms with E-state index in [2.05, 4.69) is 0 Å². The van der Waals surface area contributed by atoms with Gasteiger partial charge in [-0.05, 0) is 24.6 Å². The zero-order valence-electron chi connectivity index (χ0n) is 12.7. The van der Waals surface area contributed by atoms with Crippen molar-refractivity contribution < 1.29 is 9.39 Å². The summed E-state index contributed by atoms with van der Waals surface area (Å²) in [4.78, 5) is 0. The summed E-state index contributed by atoms with van der Waals surface area (Å²) in [5.41, 5.74) is 0. The SMILES string of the molecule is C/C=C(/OC)OB(C1CCCCC1)C1CCCCC1. The molecule has 2 saturated carbocycles. The van der Waals surface area contributed by atoms with Crippen LogP contribution >= 0.6 is 0 Å². The van der Waals surface area contributed by atoms with E-state index in [0.29, 0.717) is 6.92 Å². The van der Waals surface area contributed by atoms with E-state index in [9.17, 15) is 0 Å². The average Bonchev–Trinajstić information content (AvgIpc) is 2.50. The van der Waals surface area contributed by atoms with Gasteiger partial charge < -0.3 is 9.39 Å². The van der Waals surface area contributed by atoms with Crippen molar-refractivity contribution in [2.24, 2.45) is 0 Å². The predicted octanol–water partition coefficient (Wildman–Crippen LogP) is 5.17. The fourth-order valence-corrected chi connectivity index (χ4v) is 3.87. The maximum Gasteiger partial charge on any atom is 0.368 e. The smallest absolute Gasteiger partial charge is 0.368 e. The summed E-state index contributed by atoms with van der Waals surface area (Å²) in [6, 6.07) is 0. The summed E-state index contributed by atoms with van der Waals surface area (Å²) in [7, 11) is 1.72. The van der Waals surface area contributed by atoms with Crippen LogP contribution in [0, 0.1) is 0 Å². The molecule has 0 aromatic carbocycles. The summed E-state index contributed by atoms with van der Waals surface area (Å²) in [5.74, 6) is 2.23. The second kappa shape index (κ2) is 7.86. The van der Waals surface area contributed by atoms with E-state index in [1.54, 1.807) is 7.11 Å². The zero-order chi connectivity index (χ0) is 13.5. The molecule has 2 aliphatic carbocycles. The second-order valence-electron chi connectivity index (χ2n) is 6.19. The van der Waals surface area contributed by atoms with Crippen LogP contribution < -0.4 is 0 Å². The molecule has 0 atom stereocenters. The maximum absolute atomic E-state index is 6.27. The van der Waals surface area contributed by atoms with Crippen LogP contribution in [0.15, 0.2) is 12.0 Å². The normalized spacial score (nSPS) is 23.2. The van der Waals surface area contributed by atoms with Crippen molar-refractivity contribution in [2.45, 2.75) is 82.8 Å². The highest BCUT2D eigenvalue weighted by molar-refractivity contribution is 6.55. The Kier molecular flexibility index (Phi) is 6.13. The van der Waals surface area contributed by atoms with Gasteiger partial charge in [0.15, 0.2) is 0 Å². The molecule has 2 nitrogen and oxygen atoms in total. The first kappa shape index (κ1) is 14.8. The third kappa shape index (κ3) is 4.19. The Morgan fingerprint density at radius 2 is 1.37 bits per heavy atom. The molecule has 0 saturated heterocycles. The van der Waals surface area contributed by atoms with E-state index in [-0.39, 0.29) is 0 Å². The largest absolute Gasteiger partial charge is 0.536 e. The minimum Gasteiger partial charge on any atom is -0.536 e. The van der Waals surface area contributed by atoms with Crippen molar-refractivity contribution in [1.29, 1.82) is 0 Å². The van der Waals surface area contributed by atoms with Crippen LogP contribution in [0.25, 0.3) is 0 Å². The first-order valence-corrected chi connectivity index (χ1v) is 8.22. The van der Waals surface area contributed by atoms with Crippen LogP contribution in [0.4, 0.5) is 0 Å². The molecule has 0 bridgehead atoms. The van der Waals surface area contributed by atoms with Gasteiger partial charge >= 0.3 is 6.92 Å². The highest BCUT2D eigenvalue weighted by atomic mass is 16.6. The standard InChI is InChI=1S/C16H29BO2/c1-3-16(18-2)19-17(14-10-6-4-7-11-14)15-12-8-5-9-13-15/h3,14-15H,4-13H2,1-2H3/b16-3-. The van der Waals surface area contributed by atoms with Gasteiger partial charge in [-0.3, -0.25) is 0 Å². The van der Waals surface area contributed by atoms with Crippen LogP contribution in [0.3, 0.4) is 0 Å². The molecule has 2 rings (SSSR count). The number of rotatable bonds is 5. The van der Waals surface area contributed by atoms with Gasteiger partial charge in [0.05, 0.1) is 7.11 Å². The van der Waals surface area contributed by atoms with Crippen molar-refractivity contribution in [3.8, 4) is 0 Å². The highest BCUT2D eigenvalue weighted by Gasteiger charge is 2.38. The van der Waals surface area contributed by atoms with Crippen LogP contribution in [-0.4, -0.2) is 14.0 Å². The summed E-state index contributed by atoms with van der Waals surface area (Å²) in [6.07, 6.45) is 15.7. The first-order valence-electron chi connectivity index (χ1n) is 8.22. The monoisotopic (exact) mass is 264 g/mol. The van der Waals surface area contributed by atoms with E-state index >= 15 is 0 Å². The van der Waals surface area contributed by atoms with Gasteiger partial charge in [-0.25, -0.2) is 0 Å². The lowest BCUT2D eigenvalue weighted by Gasteiger charge is -2.34. The lowest BCUT2D eigenvalue weighted by molar-refractivity contribution is 0.142. The Labute approximate surface area is 119 Å². The molecule has 0 amide bonds. The number of hydrogen-bond acceptors (Lipinski definition) is 2. The van der Waals surface area contributed by atoms with Gasteiger partial charge in [0, 0.05) is 0 Å². The Bertz CT molecular complexity index is 260. The second-order valence-corrected chi connectivity index (χ2v) is 6.19. The lowest BCUT2D eigenvalue weighted by atomic mass is 9.42. The van der Waals surface area contributed by atoms with Crippen molar-refractivity contribution in [2.75, 3.05) is 7.11 Å². The van der Waals surface area contributed by atoms with Crippen molar-refractivity contribution in [3.63, 3.8) is 0 Å². The molecule has 0 unspecified atom stereocenters. The molecule has 3 heteroatoms. The zero-order valence-corrected chi connectivity index (χ0v) is 12.7. The molecule has 108 valence electrons. The Hall–Kier alpha value is -0.595. The lowest BCUT2D eigenvalue weighted by Crippen LogP contribution is -2.33. The van der Waals surface area contributed by atoms with Crippen LogP contribution in [-0.2, 0) is 9.39 Å². The Balaban J connectivity index is 2.02. The van der Waals surface area contributed by atoms with E-state index in [1.165, 1.54) is 64.2 Å². The molecule has 0 aromatic rings. The Morgan fingerprint density at radius 3 is 1.74 bits per heavy atom. The maximum atomic E-state index is 6.27. The molecule has 0 aromatic heterocycles. The van der Waals surface area contributed by atoms with Crippen LogP contribution in [0.5, 0.6) is 0 Å². The predicted molar refractivity (Wildman–Crippen MR) is 81.3 cm³/mol. The van der Waals surface area contributed by atoms with E-state index in [1.807, 2.05) is 13.0 Å². The first-order chi connectivity index (χ1) is 9.35. The van der Waals surface area contributed by atoms with E-state index in [4.69, 9.17) is 9.39 Å². The molecular weight excluding hydrogens is 235 g/mol. The van der Waals surface area contributed by atoms with Crippen LogP contribution in [0.1, 0.15) is 71.1 Å². The Morgan fingerprint density at radius 1 is 0.895 bits per heavy atom. The molecular formula is C16H29BO2. The highest BCUT2D eigenvalue weighted by Crippen LogP contribution is 2.42. The number of methoxy groups -OCH3 is 1. The molecule has 0 radical (unpaired) electrons. The topological polar surface area (TPSA) is 18.5 Å². The molecule has 2 aliphatic rings. The molecule has 0 N–H and O–H groups in total. The molecule has 0 heterocycles. The van der Waals surface area contributed by atoms with Crippen molar-refractivity contribution in [1.82, 2.24) is 0 Å².